The van der Waals surface area contributed by atoms with Gasteiger partial charge in [0.05, 0.1) is 13.1 Å². The fourth-order valence-electron chi connectivity index (χ4n) is 8.34. The molecule has 2 heterocycles. The minimum absolute atomic E-state index is 0.0403. The van der Waals surface area contributed by atoms with Crippen LogP contribution in [0.3, 0.4) is 0 Å². The zero-order valence-corrected chi connectivity index (χ0v) is 24.2. The summed E-state index contributed by atoms with van der Waals surface area (Å²) in [5.74, 6) is 2.33. The Balaban J connectivity index is 1.21. The van der Waals surface area contributed by atoms with E-state index < -0.39 is 0 Å². The average Bonchev–Trinajstić information content (AvgIpc) is 3.65. The summed E-state index contributed by atoms with van der Waals surface area (Å²) in [6, 6.07) is 17.4. The van der Waals surface area contributed by atoms with Crippen LogP contribution in [-0.4, -0.2) is 60.9 Å². The van der Waals surface area contributed by atoms with Gasteiger partial charge in [0.15, 0.2) is 0 Å². The van der Waals surface area contributed by atoms with E-state index in [1.54, 1.807) is 0 Å². The molecule has 2 aliphatic carbocycles. The third-order valence-electron chi connectivity index (χ3n) is 10.2. The second-order valence-corrected chi connectivity index (χ2v) is 13.1. The molecule has 2 bridgehead atoms. The topological polar surface area (TPSA) is 64.7 Å². The molecule has 0 spiro atoms. The lowest BCUT2D eigenvalue weighted by atomic mass is 9.52. The molecule has 4 aliphatic rings. The number of benzene rings is 2. The summed E-state index contributed by atoms with van der Waals surface area (Å²) in [4.78, 5) is 29.7. The lowest BCUT2D eigenvalue weighted by molar-refractivity contribution is -0.117. The molecular weight excluding hydrogens is 496 g/mol. The maximum Gasteiger partial charge on any atom is 0.238 e. The van der Waals surface area contributed by atoms with Crippen LogP contribution < -0.4 is 10.6 Å². The molecular formula is C34H46N4O2. The SMILES string of the molecule is CC1CC2CCC(c3ccc(NC(=O)CN4CCCC4)cc3)(c3ccc(NC(=O)CN4CCCC4)cc3)C(C1)C2. The van der Waals surface area contributed by atoms with Crippen molar-refractivity contribution in [2.75, 3.05) is 49.9 Å². The van der Waals surface area contributed by atoms with Crippen LogP contribution in [0, 0.1) is 17.8 Å². The van der Waals surface area contributed by atoms with Gasteiger partial charge < -0.3 is 10.6 Å². The van der Waals surface area contributed by atoms with E-state index in [0.717, 1.165) is 55.8 Å². The highest BCUT2D eigenvalue weighted by Crippen LogP contribution is 2.56. The molecule has 2 aliphatic heterocycles. The predicted molar refractivity (Wildman–Crippen MR) is 162 cm³/mol. The standard InChI is InChI=1S/C34H46N4O2/c1-25-20-26-14-15-34(29(21-25)22-26,27-6-10-30(11-7-27)35-32(39)23-37-16-2-3-17-37)28-8-12-31(13-9-28)36-33(40)24-38-18-4-5-19-38/h6-13,25-26,29H,2-5,14-24H2,1H3,(H,35,39)(H,36,40). The quantitative estimate of drug-likeness (QED) is 0.437. The Morgan fingerprint density at radius 2 is 1.20 bits per heavy atom. The van der Waals surface area contributed by atoms with Crippen LogP contribution in [0.2, 0.25) is 0 Å². The molecule has 3 atom stereocenters. The Morgan fingerprint density at radius 3 is 1.68 bits per heavy atom. The first-order valence-electron chi connectivity index (χ1n) is 15.7. The molecule has 6 nitrogen and oxygen atoms in total. The van der Waals surface area contributed by atoms with Crippen molar-refractivity contribution in [2.45, 2.75) is 70.1 Å². The lowest BCUT2D eigenvalue weighted by Gasteiger charge is -2.52. The molecule has 6 heteroatoms. The molecule has 0 radical (unpaired) electrons. The zero-order chi connectivity index (χ0) is 27.5. The number of likely N-dealkylation sites (tertiary alicyclic amines) is 2. The van der Waals surface area contributed by atoms with E-state index in [2.05, 4.69) is 75.9 Å². The van der Waals surface area contributed by atoms with Gasteiger partial charge in [0.25, 0.3) is 0 Å². The van der Waals surface area contributed by atoms with Gasteiger partial charge in [0, 0.05) is 16.8 Å². The van der Waals surface area contributed by atoms with E-state index in [-0.39, 0.29) is 17.2 Å². The summed E-state index contributed by atoms with van der Waals surface area (Å²) >= 11 is 0. The number of fused-ring (bicyclic) bond motifs is 2. The minimum atomic E-state index is -0.0403. The molecule has 2 amide bonds. The van der Waals surface area contributed by atoms with Crippen LogP contribution in [0.15, 0.2) is 48.5 Å². The van der Waals surface area contributed by atoms with Crippen molar-refractivity contribution in [3.63, 3.8) is 0 Å². The van der Waals surface area contributed by atoms with Crippen LogP contribution in [0.25, 0.3) is 0 Å². The van der Waals surface area contributed by atoms with Crippen LogP contribution >= 0.6 is 0 Å². The number of nitrogens with one attached hydrogen (secondary N) is 2. The van der Waals surface area contributed by atoms with Gasteiger partial charge in [-0.3, -0.25) is 19.4 Å². The zero-order valence-electron chi connectivity index (χ0n) is 24.2. The van der Waals surface area contributed by atoms with Crippen molar-refractivity contribution in [2.24, 2.45) is 17.8 Å². The van der Waals surface area contributed by atoms with Crippen molar-refractivity contribution in [3.05, 3.63) is 59.7 Å². The fourth-order valence-corrected chi connectivity index (χ4v) is 8.34. The van der Waals surface area contributed by atoms with Crippen molar-refractivity contribution < 1.29 is 9.59 Å². The van der Waals surface area contributed by atoms with Gasteiger partial charge in [-0.05, 0) is 137 Å². The average molecular weight is 543 g/mol. The van der Waals surface area contributed by atoms with Crippen LogP contribution in [0.1, 0.15) is 75.8 Å². The molecule has 3 unspecified atom stereocenters. The number of carbonyl (C=O) groups excluding carboxylic acids is 2. The van der Waals surface area contributed by atoms with Gasteiger partial charge in [0.1, 0.15) is 0 Å². The Kier molecular flexibility index (Phi) is 8.27. The molecule has 40 heavy (non-hydrogen) atoms. The third-order valence-corrected chi connectivity index (χ3v) is 10.2. The molecule has 6 rings (SSSR count). The van der Waals surface area contributed by atoms with E-state index in [9.17, 15) is 9.59 Å². The number of anilines is 2. The van der Waals surface area contributed by atoms with Gasteiger partial charge in [0.2, 0.25) is 11.8 Å². The Labute approximate surface area is 239 Å². The van der Waals surface area contributed by atoms with E-state index in [1.807, 2.05) is 0 Å². The van der Waals surface area contributed by atoms with Gasteiger partial charge in [-0.15, -0.1) is 0 Å². The number of carbonyl (C=O) groups is 2. The largest absolute Gasteiger partial charge is 0.325 e. The monoisotopic (exact) mass is 542 g/mol. The van der Waals surface area contributed by atoms with E-state index in [4.69, 9.17) is 0 Å². The summed E-state index contributed by atoms with van der Waals surface area (Å²) in [5.41, 5.74) is 4.43. The highest BCUT2D eigenvalue weighted by atomic mass is 16.2. The van der Waals surface area contributed by atoms with Gasteiger partial charge in [-0.1, -0.05) is 31.2 Å². The molecule has 2 N–H and O–H groups in total. The van der Waals surface area contributed by atoms with Crippen molar-refractivity contribution in [1.82, 2.24) is 9.80 Å². The molecule has 0 aromatic heterocycles. The Hall–Kier alpha value is -2.70. The van der Waals surface area contributed by atoms with Crippen LogP contribution in [0.4, 0.5) is 11.4 Å². The Morgan fingerprint density at radius 1 is 0.725 bits per heavy atom. The van der Waals surface area contributed by atoms with E-state index >= 15 is 0 Å². The third kappa shape index (κ3) is 5.99. The summed E-state index contributed by atoms with van der Waals surface area (Å²) < 4.78 is 0. The van der Waals surface area contributed by atoms with Gasteiger partial charge in [-0.25, -0.2) is 0 Å². The number of hydrogen-bond acceptors (Lipinski definition) is 4. The highest BCUT2D eigenvalue weighted by molar-refractivity contribution is 5.92. The maximum atomic E-state index is 12.6. The fraction of sp³-hybridized carbons (Fsp3) is 0.588. The second kappa shape index (κ2) is 12.0. The number of amides is 2. The first-order valence-corrected chi connectivity index (χ1v) is 15.7. The molecule has 214 valence electrons. The Bertz CT molecular complexity index is 1090. The van der Waals surface area contributed by atoms with E-state index in [0.29, 0.717) is 19.0 Å². The smallest absolute Gasteiger partial charge is 0.238 e. The highest BCUT2D eigenvalue weighted by Gasteiger charge is 2.48. The van der Waals surface area contributed by atoms with Crippen molar-refractivity contribution >= 4 is 23.2 Å². The van der Waals surface area contributed by atoms with Gasteiger partial charge >= 0.3 is 0 Å². The number of nitrogens with zero attached hydrogens (tertiary/aromatic N) is 2. The summed E-state index contributed by atoms with van der Waals surface area (Å²) in [7, 11) is 0. The van der Waals surface area contributed by atoms with Crippen LogP contribution in [-0.2, 0) is 15.0 Å². The summed E-state index contributed by atoms with van der Waals surface area (Å²) in [6.45, 7) is 7.48. The van der Waals surface area contributed by atoms with E-state index in [1.165, 1.54) is 62.5 Å². The second-order valence-electron chi connectivity index (χ2n) is 13.1. The maximum absolute atomic E-state index is 12.6. The first kappa shape index (κ1) is 27.5. The van der Waals surface area contributed by atoms with Crippen molar-refractivity contribution in [1.29, 1.82) is 0 Å². The van der Waals surface area contributed by atoms with Crippen LogP contribution in [0.5, 0.6) is 0 Å². The molecule has 4 fully saturated rings. The lowest BCUT2D eigenvalue weighted by Crippen LogP contribution is -2.45. The summed E-state index contributed by atoms with van der Waals surface area (Å²) in [5, 5.41) is 6.26. The molecule has 2 aromatic carbocycles. The normalized spacial score (nSPS) is 26.5. The number of hydrogen-bond donors (Lipinski definition) is 2. The van der Waals surface area contributed by atoms with Crippen molar-refractivity contribution in [3.8, 4) is 0 Å². The van der Waals surface area contributed by atoms with Gasteiger partial charge in [-0.2, -0.15) is 0 Å². The molecule has 2 saturated carbocycles. The summed E-state index contributed by atoms with van der Waals surface area (Å²) in [6.07, 6.45) is 11.1. The molecule has 2 saturated heterocycles. The first-order chi connectivity index (χ1) is 19.5. The predicted octanol–water partition coefficient (Wildman–Crippen LogP) is 5.89. The minimum Gasteiger partial charge on any atom is -0.325 e. The molecule has 2 aromatic rings. The number of rotatable bonds is 8.